The zero-order valence-electron chi connectivity index (χ0n) is 12.1. The third-order valence-corrected chi connectivity index (χ3v) is 3.87. The summed E-state index contributed by atoms with van der Waals surface area (Å²) in [5.41, 5.74) is -0.134. The molecule has 1 aromatic carbocycles. The van der Waals surface area contributed by atoms with Crippen LogP contribution in [0.1, 0.15) is 30.1 Å². The number of nitrogens with one attached hydrogen (secondary N) is 3. The van der Waals surface area contributed by atoms with E-state index in [1.54, 1.807) is 18.2 Å². The Balaban J connectivity index is 1.83. The highest BCUT2D eigenvalue weighted by Gasteiger charge is 2.24. The summed E-state index contributed by atoms with van der Waals surface area (Å²) >= 11 is 0. The molecule has 7 heteroatoms. The van der Waals surface area contributed by atoms with Crippen molar-refractivity contribution < 1.29 is 9.53 Å². The Morgan fingerprint density at radius 2 is 2.00 bits per heavy atom. The molecule has 1 fully saturated rings. The number of hydrogen-bond donors (Lipinski definition) is 3. The van der Waals surface area contributed by atoms with Crippen molar-refractivity contribution in [1.82, 2.24) is 15.3 Å². The van der Waals surface area contributed by atoms with E-state index in [0.29, 0.717) is 16.6 Å². The van der Waals surface area contributed by atoms with Crippen LogP contribution in [0.4, 0.5) is 0 Å². The zero-order chi connectivity index (χ0) is 15.7. The molecule has 0 spiro atoms. The third kappa shape index (κ3) is 2.80. The van der Waals surface area contributed by atoms with Crippen LogP contribution in [0.25, 0.3) is 11.0 Å². The van der Waals surface area contributed by atoms with Crippen LogP contribution in [0.5, 0.6) is 0 Å². The van der Waals surface area contributed by atoms with E-state index in [0.717, 1.165) is 19.4 Å². The summed E-state index contributed by atoms with van der Waals surface area (Å²) in [6.07, 6.45) is 1.99. The molecule has 0 bridgehead atoms. The second-order valence-electron chi connectivity index (χ2n) is 5.48. The van der Waals surface area contributed by atoms with Gasteiger partial charge >= 0.3 is 11.1 Å². The average molecular weight is 303 g/mol. The SMILES string of the molecule is C[C@@H](NC(=O)c1ccc2[nH]c(=O)c(=O)[nH]c2c1)[C@H]1CCCO1. The topological polar surface area (TPSA) is 104 Å². The third-order valence-electron chi connectivity index (χ3n) is 3.87. The van der Waals surface area contributed by atoms with Crippen molar-refractivity contribution in [1.29, 1.82) is 0 Å². The molecule has 1 aromatic heterocycles. The Bertz CT molecular complexity index is 817. The Labute approximate surface area is 125 Å². The van der Waals surface area contributed by atoms with Gasteiger partial charge < -0.3 is 20.0 Å². The number of H-pyrrole nitrogens is 2. The van der Waals surface area contributed by atoms with E-state index < -0.39 is 11.1 Å². The van der Waals surface area contributed by atoms with Gasteiger partial charge in [-0.15, -0.1) is 0 Å². The molecule has 116 valence electrons. The van der Waals surface area contributed by atoms with E-state index in [1.165, 1.54) is 0 Å². The first-order valence-corrected chi connectivity index (χ1v) is 7.23. The molecule has 1 aliphatic heterocycles. The highest BCUT2D eigenvalue weighted by atomic mass is 16.5. The second-order valence-corrected chi connectivity index (χ2v) is 5.48. The van der Waals surface area contributed by atoms with Crippen LogP contribution in [0.15, 0.2) is 27.8 Å². The maximum Gasteiger partial charge on any atom is 0.314 e. The molecule has 0 aliphatic carbocycles. The Hall–Kier alpha value is -2.41. The smallest absolute Gasteiger partial charge is 0.314 e. The quantitative estimate of drug-likeness (QED) is 0.719. The largest absolute Gasteiger partial charge is 0.376 e. The van der Waals surface area contributed by atoms with Gasteiger partial charge in [0, 0.05) is 12.2 Å². The van der Waals surface area contributed by atoms with Gasteiger partial charge in [0.15, 0.2) is 0 Å². The number of carbonyl (C=O) groups is 1. The lowest BCUT2D eigenvalue weighted by molar-refractivity contribution is 0.0712. The molecule has 7 nitrogen and oxygen atoms in total. The Morgan fingerprint density at radius 3 is 2.68 bits per heavy atom. The molecule has 1 aliphatic rings. The predicted octanol–water partition coefficient (Wildman–Crippen LogP) is 0.514. The normalized spacial score (nSPS) is 19.2. The van der Waals surface area contributed by atoms with E-state index >= 15 is 0 Å². The number of rotatable bonds is 3. The summed E-state index contributed by atoms with van der Waals surface area (Å²) in [7, 11) is 0. The van der Waals surface area contributed by atoms with Crippen molar-refractivity contribution in [3.63, 3.8) is 0 Å². The molecule has 0 radical (unpaired) electrons. The highest BCUT2D eigenvalue weighted by molar-refractivity contribution is 5.97. The van der Waals surface area contributed by atoms with Crippen LogP contribution in [0.3, 0.4) is 0 Å². The van der Waals surface area contributed by atoms with Gasteiger partial charge in [0.2, 0.25) is 0 Å². The minimum Gasteiger partial charge on any atom is -0.376 e. The molecule has 1 saturated heterocycles. The van der Waals surface area contributed by atoms with Crippen LogP contribution < -0.4 is 16.4 Å². The number of hydrogen-bond acceptors (Lipinski definition) is 4. The van der Waals surface area contributed by atoms with Crippen LogP contribution in [-0.2, 0) is 4.74 Å². The Morgan fingerprint density at radius 1 is 1.27 bits per heavy atom. The van der Waals surface area contributed by atoms with Gasteiger partial charge in [0.1, 0.15) is 0 Å². The number of ether oxygens (including phenoxy) is 1. The molecular formula is C15H17N3O4. The van der Waals surface area contributed by atoms with Crippen molar-refractivity contribution in [2.24, 2.45) is 0 Å². The molecular weight excluding hydrogens is 286 g/mol. The molecule has 3 N–H and O–H groups in total. The molecule has 0 unspecified atom stereocenters. The summed E-state index contributed by atoms with van der Waals surface area (Å²) in [6, 6.07) is 4.66. The lowest BCUT2D eigenvalue weighted by Crippen LogP contribution is -2.40. The van der Waals surface area contributed by atoms with Gasteiger partial charge in [0.05, 0.1) is 23.2 Å². The maximum absolute atomic E-state index is 12.3. The first kappa shape index (κ1) is 14.5. The minimum atomic E-state index is -0.738. The van der Waals surface area contributed by atoms with Gasteiger partial charge in [-0.2, -0.15) is 0 Å². The minimum absolute atomic E-state index is 0.0422. The maximum atomic E-state index is 12.3. The molecule has 22 heavy (non-hydrogen) atoms. The fraction of sp³-hybridized carbons (Fsp3) is 0.400. The van der Waals surface area contributed by atoms with Crippen molar-refractivity contribution >= 4 is 16.9 Å². The zero-order valence-corrected chi connectivity index (χ0v) is 12.1. The summed E-state index contributed by atoms with van der Waals surface area (Å²) < 4.78 is 5.55. The fourth-order valence-corrected chi connectivity index (χ4v) is 2.64. The lowest BCUT2D eigenvalue weighted by Gasteiger charge is -2.20. The lowest BCUT2D eigenvalue weighted by atomic mass is 10.1. The number of fused-ring (bicyclic) bond motifs is 1. The van der Waals surface area contributed by atoms with Crippen LogP contribution in [-0.4, -0.2) is 34.6 Å². The molecule has 0 saturated carbocycles. The van der Waals surface area contributed by atoms with E-state index in [1.807, 2.05) is 6.92 Å². The number of carbonyl (C=O) groups excluding carboxylic acids is 1. The summed E-state index contributed by atoms with van der Waals surface area (Å²) in [4.78, 5) is 39.8. The van der Waals surface area contributed by atoms with Crippen molar-refractivity contribution in [2.45, 2.75) is 31.9 Å². The van der Waals surface area contributed by atoms with E-state index in [-0.39, 0.29) is 18.1 Å². The summed E-state index contributed by atoms with van der Waals surface area (Å²) in [5, 5.41) is 2.90. The molecule has 2 heterocycles. The number of aromatic amines is 2. The van der Waals surface area contributed by atoms with Crippen molar-refractivity contribution in [2.75, 3.05) is 6.61 Å². The van der Waals surface area contributed by atoms with Gasteiger partial charge in [0.25, 0.3) is 5.91 Å². The number of amides is 1. The van der Waals surface area contributed by atoms with Gasteiger partial charge in [-0.1, -0.05) is 0 Å². The average Bonchev–Trinajstić information content (AvgIpc) is 3.02. The Kier molecular flexibility index (Phi) is 3.81. The van der Waals surface area contributed by atoms with Crippen LogP contribution >= 0.6 is 0 Å². The second kappa shape index (κ2) is 5.76. The van der Waals surface area contributed by atoms with Crippen LogP contribution in [0, 0.1) is 0 Å². The van der Waals surface area contributed by atoms with Crippen molar-refractivity contribution in [3.8, 4) is 0 Å². The highest BCUT2D eigenvalue weighted by Crippen LogP contribution is 2.16. The van der Waals surface area contributed by atoms with Gasteiger partial charge in [-0.3, -0.25) is 14.4 Å². The van der Waals surface area contributed by atoms with Crippen molar-refractivity contribution in [3.05, 3.63) is 44.5 Å². The summed E-state index contributed by atoms with van der Waals surface area (Å²) in [6.45, 7) is 2.64. The number of aromatic nitrogens is 2. The molecule has 2 aromatic rings. The van der Waals surface area contributed by atoms with Crippen LogP contribution in [0.2, 0.25) is 0 Å². The van der Waals surface area contributed by atoms with E-state index in [4.69, 9.17) is 4.74 Å². The fourth-order valence-electron chi connectivity index (χ4n) is 2.64. The van der Waals surface area contributed by atoms with Gasteiger partial charge in [-0.05, 0) is 38.0 Å². The first-order valence-electron chi connectivity index (χ1n) is 7.23. The predicted molar refractivity (Wildman–Crippen MR) is 81.1 cm³/mol. The molecule has 3 rings (SSSR count). The number of benzene rings is 1. The molecule has 1 amide bonds. The first-order chi connectivity index (χ1) is 10.5. The molecule has 2 atom stereocenters. The van der Waals surface area contributed by atoms with E-state index in [9.17, 15) is 14.4 Å². The van der Waals surface area contributed by atoms with E-state index in [2.05, 4.69) is 15.3 Å². The standard InChI is InChI=1S/C15H17N3O4/c1-8(12-3-2-6-22-12)16-13(19)9-4-5-10-11(7-9)18-15(21)14(20)17-10/h4-5,7-8,12H,2-3,6H2,1H3,(H,16,19)(H,17,20)(H,18,21)/t8-,12-/m1/s1. The summed E-state index contributed by atoms with van der Waals surface area (Å²) in [5.74, 6) is -0.239. The van der Waals surface area contributed by atoms with Gasteiger partial charge in [-0.25, -0.2) is 0 Å². The monoisotopic (exact) mass is 303 g/mol.